The third-order valence-corrected chi connectivity index (χ3v) is 2.72. The maximum Gasteiger partial charge on any atom is 0.307 e. The molecule has 2 amide bonds. The molecular weight excluding hydrogens is 260 g/mol. The van der Waals surface area contributed by atoms with Crippen molar-refractivity contribution in [3.63, 3.8) is 0 Å². The molecule has 1 aromatic carbocycles. The monoisotopic (exact) mass is 278 g/mol. The highest BCUT2D eigenvalue weighted by atomic mass is 16.5. The number of esters is 1. The van der Waals surface area contributed by atoms with Gasteiger partial charge in [0.15, 0.2) is 0 Å². The minimum Gasteiger partial charge on any atom is -0.466 e. The predicted molar refractivity (Wildman–Crippen MR) is 73.2 cm³/mol. The second kappa shape index (κ2) is 7.28. The maximum atomic E-state index is 12.1. The van der Waals surface area contributed by atoms with Gasteiger partial charge in [0, 0.05) is 24.7 Å². The number of hydrogen-bond acceptors (Lipinski definition) is 4. The number of ether oxygens (including phenoxy) is 1. The van der Waals surface area contributed by atoms with Crippen LogP contribution in [0.4, 0.5) is 0 Å². The third kappa shape index (κ3) is 4.38. The molecule has 0 aliphatic heterocycles. The number of carbonyl (C=O) groups excluding carboxylic acids is 3. The van der Waals surface area contributed by atoms with Crippen LogP contribution >= 0.6 is 0 Å². The molecule has 0 bridgehead atoms. The van der Waals surface area contributed by atoms with Crippen LogP contribution in [0.2, 0.25) is 0 Å². The lowest BCUT2D eigenvalue weighted by Crippen LogP contribution is -2.29. The molecular formula is C14H18N2O4. The lowest BCUT2D eigenvalue weighted by atomic mass is 10.1. The van der Waals surface area contributed by atoms with Gasteiger partial charge in [0.2, 0.25) is 5.91 Å². The van der Waals surface area contributed by atoms with Crippen molar-refractivity contribution in [1.29, 1.82) is 0 Å². The second-order valence-corrected chi connectivity index (χ2v) is 4.22. The zero-order chi connectivity index (χ0) is 15.1. The molecule has 0 radical (unpaired) electrons. The number of hydrogen-bond donors (Lipinski definition) is 1. The Kier molecular flexibility index (Phi) is 5.71. The van der Waals surface area contributed by atoms with Gasteiger partial charge in [0.1, 0.15) is 0 Å². The molecule has 0 aromatic heterocycles. The zero-order valence-electron chi connectivity index (χ0n) is 11.6. The van der Waals surface area contributed by atoms with E-state index in [1.807, 2.05) is 0 Å². The van der Waals surface area contributed by atoms with E-state index in [2.05, 4.69) is 0 Å². The summed E-state index contributed by atoms with van der Waals surface area (Å²) in [6.07, 6.45) is 0.148. The zero-order valence-corrected chi connectivity index (χ0v) is 11.6. The first-order valence-electron chi connectivity index (χ1n) is 6.26. The molecule has 2 N–H and O–H groups in total. The fraction of sp³-hybridized carbons (Fsp3) is 0.357. The Hall–Kier alpha value is -2.37. The van der Waals surface area contributed by atoms with Crippen LogP contribution in [0.25, 0.3) is 0 Å². The maximum absolute atomic E-state index is 12.1. The van der Waals surface area contributed by atoms with E-state index in [0.29, 0.717) is 17.7 Å². The van der Waals surface area contributed by atoms with Crippen molar-refractivity contribution >= 4 is 17.8 Å². The summed E-state index contributed by atoms with van der Waals surface area (Å²) in [6, 6.07) is 6.05. The molecule has 6 nitrogen and oxygen atoms in total. The van der Waals surface area contributed by atoms with E-state index in [1.165, 1.54) is 29.2 Å². The van der Waals surface area contributed by atoms with E-state index < -0.39 is 5.91 Å². The third-order valence-electron chi connectivity index (χ3n) is 2.72. The first kappa shape index (κ1) is 15.7. The number of rotatable bonds is 6. The van der Waals surface area contributed by atoms with E-state index in [0.717, 1.165) is 0 Å². The summed E-state index contributed by atoms with van der Waals surface area (Å²) in [7, 11) is 1.60. The van der Waals surface area contributed by atoms with Crippen LogP contribution in [-0.4, -0.2) is 42.9 Å². The lowest BCUT2D eigenvalue weighted by molar-refractivity contribution is -0.143. The molecule has 0 fully saturated rings. The van der Waals surface area contributed by atoms with Crippen LogP contribution in [0.5, 0.6) is 0 Å². The van der Waals surface area contributed by atoms with E-state index >= 15 is 0 Å². The van der Waals surface area contributed by atoms with Crippen molar-refractivity contribution in [2.45, 2.75) is 13.3 Å². The molecule has 0 unspecified atom stereocenters. The molecule has 20 heavy (non-hydrogen) atoms. The largest absolute Gasteiger partial charge is 0.466 e. The molecule has 1 rings (SSSR count). The number of carbonyl (C=O) groups is 3. The normalized spacial score (nSPS) is 9.90. The first-order valence-corrected chi connectivity index (χ1v) is 6.26. The Morgan fingerprint density at radius 2 is 1.70 bits per heavy atom. The van der Waals surface area contributed by atoms with Gasteiger partial charge in [0.05, 0.1) is 13.0 Å². The summed E-state index contributed by atoms with van der Waals surface area (Å²) < 4.78 is 4.79. The lowest BCUT2D eigenvalue weighted by Gasteiger charge is -2.16. The Labute approximate surface area is 117 Å². The Morgan fingerprint density at radius 1 is 1.15 bits per heavy atom. The van der Waals surface area contributed by atoms with E-state index in [1.54, 1.807) is 14.0 Å². The molecule has 6 heteroatoms. The van der Waals surface area contributed by atoms with Gasteiger partial charge in [0.25, 0.3) is 5.91 Å². The van der Waals surface area contributed by atoms with Crippen molar-refractivity contribution < 1.29 is 19.1 Å². The summed E-state index contributed by atoms with van der Waals surface area (Å²) in [5, 5.41) is 0. The molecule has 108 valence electrons. The summed E-state index contributed by atoms with van der Waals surface area (Å²) in [6.45, 7) is 2.33. The first-order chi connectivity index (χ1) is 9.45. The average Bonchev–Trinajstić information content (AvgIpc) is 2.44. The van der Waals surface area contributed by atoms with Crippen LogP contribution in [-0.2, 0) is 9.53 Å². The molecule has 0 spiro atoms. The molecule has 0 aliphatic rings. The topological polar surface area (TPSA) is 89.7 Å². The number of primary amides is 1. The number of nitrogens with two attached hydrogens (primary N) is 1. The van der Waals surface area contributed by atoms with Crippen LogP contribution in [0, 0.1) is 0 Å². The van der Waals surface area contributed by atoms with Crippen molar-refractivity contribution in [2.75, 3.05) is 20.2 Å². The number of nitrogens with zero attached hydrogens (tertiary/aromatic N) is 1. The summed E-state index contributed by atoms with van der Waals surface area (Å²) in [5.41, 5.74) is 5.90. The molecule has 0 saturated carbocycles. The van der Waals surface area contributed by atoms with Crippen molar-refractivity contribution in [3.05, 3.63) is 35.4 Å². The molecule has 0 atom stereocenters. The minimum absolute atomic E-state index is 0.148. The molecule has 0 saturated heterocycles. The SMILES string of the molecule is CCOC(=O)CCN(C)C(=O)c1ccc(C(N)=O)cc1. The molecule has 1 aromatic rings. The van der Waals surface area contributed by atoms with Gasteiger partial charge < -0.3 is 15.4 Å². The number of amides is 2. The Bertz CT molecular complexity index is 496. The summed E-state index contributed by atoms with van der Waals surface area (Å²) in [5.74, 6) is -1.11. The highest BCUT2D eigenvalue weighted by Crippen LogP contribution is 2.07. The standard InChI is InChI=1S/C14H18N2O4/c1-3-20-12(17)8-9-16(2)14(19)11-6-4-10(5-7-11)13(15)18/h4-7H,3,8-9H2,1-2H3,(H2,15,18). The highest BCUT2D eigenvalue weighted by molar-refractivity contribution is 5.97. The van der Waals surface area contributed by atoms with Crippen molar-refractivity contribution in [3.8, 4) is 0 Å². The average molecular weight is 278 g/mol. The predicted octanol–water partition coefficient (Wildman–Crippen LogP) is 0.811. The van der Waals surface area contributed by atoms with Gasteiger partial charge >= 0.3 is 5.97 Å². The van der Waals surface area contributed by atoms with Gasteiger partial charge in [-0.2, -0.15) is 0 Å². The van der Waals surface area contributed by atoms with Crippen molar-refractivity contribution in [1.82, 2.24) is 4.90 Å². The molecule has 0 heterocycles. The van der Waals surface area contributed by atoms with Crippen LogP contribution in [0.15, 0.2) is 24.3 Å². The quantitative estimate of drug-likeness (QED) is 0.780. The minimum atomic E-state index is -0.542. The number of benzene rings is 1. The van der Waals surface area contributed by atoms with E-state index in [-0.39, 0.29) is 24.8 Å². The summed E-state index contributed by atoms with van der Waals surface area (Å²) in [4.78, 5) is 35.6. The molecule has 0 aliphatic carbocycles. The van der Waals surface area contributed by atoms with Gasteiger partial charge in [-0.05, 0) is 31.2 Å². The van der Waals surface area contributed by atoms with Gasteiger partial charge in [-0.25, -0.2) is 0 Å². The van der Waals surface area contributed by atoms with Crippen LogP contribution in [0.1, 0.15) is 34.1 Å². The van der Waals surface area contributed by atoms with E-state index in [4.69, 9.17) is 10.5 Å². The Morgan fingerprint density at radius 3 is 2.20 bits per heavy atom. The summed E-state index contributed by atoms with van der Waals surface area (Å²) >= 11 is 0. The van der Waals surface area contributed by atoms with Crippen LogP contribution in [0.3, 0.4) is 0 Å². The van der Waals surface area contributed by atoms with Crippen LogP contribution < -0.4 is 5.73 Å². The van der Waals surface area contributed by atoms with Gasteiger partial charge in [-0.15, -0.1) is 0 Å². The van der Waals surface area contributed by atoms with Crippen molar-refractivity contribution in [2.24, 2.45) is 5.73 Å². The smallest absolute Gasteiger partial charge is 0.307 e. The second-order valence-electron chi connectivity index (χ2n) is 4.22. The highest BCUT2D eigenvalue weighted by Gasteiger charge is 2.13. The van der Waals surface area contributed by atoms with Gasteiger partial charge in [-0.1, -0.05) is 0 Å². The fourth-order valence-corrected chi connectivity index (χ4v) is 1.59. The van der Waals surface area contributed by atoms with E-state index in [9.17, 15) is 14.4 Å². The Balaban J connectivity index is 2.60. The fourth-order valence-electron chi connectivity index (χ4n) is 1.59. The van der Waals surface area contributed by atoms with Gasteiger partial charge in [-0.3, -0.25) is 14.4 Å².